The molecular formula is C25H29N5O2. The van der Waals surface area contributed by atoms with Gasteiger partial charge in [0.25, 0.3) is 5.91 Å². The van der Waals surface area contributed by atoms with Crippen LogP contribution in [0.1, 0.15) is 58.6 Å². The van der Waals surface area contributed by atoms with E-state index in [1.165, 1.54) is 17.5 Å². The summed E-state index contributed by atoms with van der Waals surface area (Å²) in [6.45, 7) is 1.41. The van der Waals surface area contributed by atoms with E-state index in [9.17, 15) is 4.79 Å². The Morgan fingerprint density at radius 2 is 2.03 bits per heavy atom. The Hall–Kier alpha value is -3.06. The zero-order valence-corrected chi connectivity index (χ0v) is 18.5. The van der Waals surface area contributed by atoms with Gasteiger partial charge in [0.1, 0.15) is 5.69 Å². The lowest BCUT2D eigenvalue weighted by Gasteiger charge is -2.24. The first-order valence-electron chi connectivity index (χ1n) is 11.5. The Bertz CT molecular complexity index is 1100. The van der Waals surface area contributed by atoms with E-state index in [4.69, 9.17) is 9.72 Å². The number of carbonyl (C=O) groups excluding carboxylic acids is 1. The number of fused-ring (bicyclic) bond motifs is 1. The normalized spacial score (nSPS) is 16.5. The third kappa shape index (κ3) is 4.58. The Labute approximate surface area is 188 Å². The first-order chi connectivity index (χ1) is 15.7. The maximum Gasteiger partial charge on any atom is 0.270 e. The summed E-state index contributed by atoms with van der Waals surface area (Å²) < 4.78 is 7.19. The Morgan fingerprint density at radius 3 is 2.78 bits per heavy atom. The summed E-state index contributed by atoms with van der Waals surface area (Å²) in [6, 6.07) is 6.32. The number of ether oxygens (including phenoxy) is 1. The lowest BCUT2D eigenvalue weighted by atomic mass is 9.89. The number of nitrogens with one attached hydrogen (secondary N) is 1. The highest BCUT2D eigenvalue weighted by molar-refractivity contribution is 5.92. The van der Waals surface area contributed by atoms with E-state index >= 15 is 0 Å². The van der Waals surface area contributed by atoms with Crippen molar-refractivity contribution < 1.29 is 9.53 Å². The van der Waals surface area contributed by atoms with Crippen molar-refractivity contribution in [3.63, 3.8) is 0 Å². The molecule has 32 heavy (non-hydrogen) atoms. The third-order valence-corrected chi connectivity index (χ3v) is 6.40. The fourth-order valence-electron chi connectivity index (χ4n) is 4.64. The minimum atomic E-state index is -0.0726. The lowest BCUT2D eigenvalue weighted by molar-refractivity contribution is 0.0694. The topological polar surface area (TPSA) is 81.9 Å². The zero-order chi connectivity index (χ0) is 21.9. The molecule has 1 saturated heterocycles. The molecule has 1 N–H and O–H groups in total. The molecule has 1 amide bonds. The van der Waals surface area contributed by atoms with Crippen molar-refractivity contribution in [3.05, 3.63) is 64.9 Å². The van der Waals surface area contributed by atoms with Crippen LogP contribution in [0.15, 0.2) is 36.8 Å². The van der Waals surface area contributed by atoms with Gasteiger partial charge < -0.3 is 10.1 Å². The molecule has 0 aromatic carbocycles. The van der Waals surface area contributed by atoms with Crippen LogP contribution in [0.2, 0.25) is 0 Å². The number of hydrogen-bond donors (Lipinski definition) is 1. The smallest absolute Gasteiger partial charge is 0.270 e. The number of rotatable bonds is 5. The fraction of sp³-hybridized carbons (Fsp3) is 0.440. The van der Waals surface area contributed by atoms with Crippen molar-refractivity contribution in [1.29, 1.82) is 0 Å². The largest absolute Gasteiger partial charge is 0.381 e. The summed E-state index contributed by atoms with van der Waals surface area (Å²) in [4.78, 5) is 22.4. The van der Waals surface area contributed by atoms with Gasteiger partial charge >= 0.3 is 0 Å². The number of aromatic nitrogens is 4. The quantitative estimate of drug-likeness (QED) is 0.671. The summed E-state index contributed by atoms with van der Waals surface area (Å²) in [7, 11) is 1.90. The summed E-state index contributed by atoms with van der Waals surface area (Å²) >= 11 is 0. The predicted octanol–water partition coefficient (Wildman–Crippen LogP) is 3.26. The summed E-state index contributed by atoms with van der Waals surface area (Å²) in [6.07, 6.45) is 12.5. The molecule has 5 rings (SSSR count). The van der Waals surface area contributed by atoms with Gasteiger partial charge in [-0.05, 0) is 73.8 Å². The van der Waals surface area contributed by atoms with Gasteiger partial charge in [-0.1, -0.05) is 6.07 Å². The van der Waals surface area contributed by atoms with Crippen molar-refractivity contribution in [3.8, 4) is 11.3 Å². The van der Waals surface area contributed by atoms with Crippen molar-refractivity contribution in [2.24, 2.45) is 7.05 Å². The number of carbonyl (C=O) groups is 1. The summed E-state index contributed by atoms with van der Waals surface area (Å²) in [5.74, 6) is -0.0726. The molecule has 166 valence electrons. The monoisotopic (exact) mass is 431 g/mol. The van der Waals surface area contributed by atoms with Crippen LogP contribution in [0.4, 0.5) is 0 Å². The molecule has 0 atom stereocenters. The lowest BCUT2D eigenvalue weighted by Crippen LogP contribution is -2.39. The van der Waals surface area contributed by atoms with Crippen LogP contribution in [0.5, 0.6) is 0 Å². The molecule has 0 saturated carbocycles. The average Bonchev–Trinajstić information content (AvgIpc) is 3.26. The summed E-state index contributed by atoms with van der Waals surface area (Å²) in [5, 5.41) is 7.38. The standard InChI is InChI=1S/C25H29N5O2/c1-30-16-19(15-27-30)22-7-6-17(14-26-22)12-18-13-24(29-23-5-3-2-4-21(18)23)25(31)28-20-8-10-32-11-9-20/h6-7,13-16,20H,2-5,8-12H2,1H3,(H,28,31). The van der Waals surface area contributed by atoms with E-state index < -0.39 is 0 Å². The Balaban J connectivity index is 1.38. The second kappa shape index (κ2) is 9.20. The minimum absolute atomic E-state index is 0.0726. The van der Waals surface area contributed by atoms with Gasteiger partial charge in [-0.3, -0.25) is 14.5 Å². The Morgan fingerprint density at radius 1 is 1.19 bits per heavy atom. The van der Waals surface area contributed by atoms with E-state index in [-0.39, 0.29) is 11.9 Å². The molecule has 4 heterocycles. The van der Waals surface area contributed by atoms with Crippen LogP contribution in [0.3, 0.4) is 0 Å². The van der Waals surface area contributed by atoms with E-state index in [0.717, 1.165) is 61.0 Å². The van der Waals surface area contributed by atoms with Gasteiger partial charge in [-0.15, -0.1) is 0 Å². The molecule has 0 spiro atoms. The molecule has 0 radical (unpaired) electrons. The second-order valence-electron chi connectivity index (χ2n) is 8.79. The highest BCUT2D eigenvalue weighted by Crippen LogP contribution is 2.26. The van der Waals surface area contributed by atoms with Crippen LogP contribution >= 0.6 is 0 Å². The van der Waals surface area contributed by atoms with E-state index in [2.05, 4.69) is 21.5 Å². The van der Waals surface area contributed by atoms with Gasteiger partial charge in [-0.25, -0.2) is 4.98 Å². The van der Waals surface area contributed by atoms with Gasteiger partial charge in [0.2, 0.25) is 0 Å². The van der Waals surface area contributed by atoms with E-state index in [0.29, 0.717) is 18.9 Å². The average molecular weight is 432 g/mol. The van der Waals surface area contributed by atoms with Gasteiger partial charge in [-0.2, -0.15) is 5.10 Å². The number of hydrogen-bond acceptors (Lipinski definition) is 5. The minimum Gasteiger partial charge on any atom is -0.381 e. The summed E-state index contributed by atoms with van der Waals surface area (Å²) in [5.41, 5.74) is 7.19. The third-order valence-electron chi connectivity index (χ3n) is 6.40. The van der Waals surface area contributed by atoms with Crippen molar-refractivity contribution >= 4 is 5.91 Å². The highest BCUT2D eigenvalue weighted by atomic mass is 16.5. The van der Waals surface area contributed by atoms with Crippen molar-refractivity contribution in [2.75, 3.05) is 13.2 Å². The van der Waals surface area contributed by atoms with E-state index in [1.54, 1.807) is 4.68 Å². The fourth-order valence-corrected chi connectivity index (χ4v) is 4.64. The molecule has 3 aromatic rings. The number of nitrogens with zero attached hydrogens (tertiary/aromatic N) is 4. The Kier molecular flexibility index (Phi) is 5.99. The van der Waals surface area contributed by atoms with Gasteiger partial charge in [0.15, 0.2) is 0 Å². The van der Waals surface area contributed by atoms with Crippen molar-refractivity contribution in [1.82, 2.24) is 25.1 Å². The van der Waals surface area contributed by atoms with Crippen LogP contribution in [0, 0.1) is 0 Å². The van der Waals surface area contributed by atoms with Crippen LogP contribution < -0.4 is 5.32 Å². The van der Waals surface area contributed by atoms with Crippen molar-refractivity contribution in [2.45, 2.75) is 51.0 Å². The first-order valence-corrected chi connectivity index (χ1v) is 11.5. The first kappa shape index (κ1) is 20.8. The maximum atomic E-state index is 13.0. The zero-order valence-electron chi connectivity index (χ0n) is 18.5. The molecular weight excluding hydrogens is 402 g/mol. The maximum absolute atomic E-state index is 13.0. The number of aryl methyl sites for hydroxylation is 2. The van der Waals surface area contributed by atoms with Crippen LogP contribution in [-0.4, -0.2) is 44.9 Å². The predicted molar refractivity (Wildman–Crippen MR) is 121 cm³/mol. The highest BCUT2D eigenvalue weighted by Gasteiger charge is 2.22. The molecule has 7 heteroatoms. The molecule has 7 nitrogen and oxygen atoms in total. The molecule has 1 aliphatic heterocycles. The second-order valence-corrected chi connectivity index (χ2v) is 8.79. The van der Waals surface area contributed by atoms with Gasteiger partial charge in [0, 0.05) is 50.0 Å². The number of amides is 1. The molecule has 2 aliphatic rings. The number of pyridine rings is 2. The van der Waals surface area contributed by atoms with Crippen LogP contribution in [0.25, 0.3) is 11.3 Å². The molecule has 0 unspecified atom stereocenters. The molecule has 3 aromatic heterocycles. The van der Waals surface area contributed by atoms with Crippen LogP contribution in [-0.2, 0) is 31.0 Å². The SMILES string of the molecule is Cn1cc(-c2ccc(Cc3cc(C(=O)NC4CCOCC4)nc4c3CCCC4)cn2)cn1. The van der Waals surface area contributed by atoms with Gasteiger partial charge in [0.05, 0.1) is 11.9 Å². The van der Waals surface area contributed by atoms with E-state index in [1.807, 2.05) is 37.8 Å². The molecule has 1 fully saturated rings. The molecule has 1 aliphatic carbocycles. The molecule has 0 bridgehead atoms.